The van der Waals surface area contributed by atoms with Crippen LogP contribution in [-0.2, 0) is 12.6 Å². The van der Waals surface area contributed by atoms with Crippen LogP contribution in [0.2, 0.25) is 10.0 Å². The number of aromatic amines is 1. The number of fused-ring (bicyclic) bond motifs is 2. The molecule has 1 aromatic carbocycles. The predicted molar refractivity (Wildman–Crippen MR) is 121 cm³/mol. The molecule has 0 fully saturated rings. The van der Waals surface area contributed by atoms with Crippen molar-refractivity contribution in [2.75, 3.05) is 5.32 Å². The maximum atomic E-state index is 13.9. The summed E-state index contributed by atoms with van der Waals surface area (Å²) in [5, 5.41) is 2.78. The van der Waals surface area contributed by atoms with Gasteiger partial charge in [-0.3, -0.25) is 4.79 Å². The van der Waals surface area contributed by atoms with Crippen LogP contribution in [0.25, 0.3) is 16.8 Å². The molecule has 0 aliphatic carbocycles. The van der Waals surface area contributed by atoms with Crippen LogP contribution in [0.1, 0.15) is 27.6 Å². The summed E-state index contributed by atoms with van der Waals surface area (Å²) in [5.41, 5.74) is -0.256. The van der Waals surface area contributed by atoms with Gasteiger partial charge in [-0.05, 0) is 36.4 Å². The number of imidazole rings is 2. The molecule has 4 aromatic heterocycles. The van der Waals surface area contributed by atoms with Gasteiger partial charge in [0.05, 0.1) is 27.0 Å². The van der Waals surface area contributed by atoms with Crippen LogP contribution in [0.3, 0.4) is 0 Å². The highest BCUT2D eigenvalue weighted by Gasteiger charge is 2.38. The van der Waals surface area contributed by atoms with Gasteiger partial charge in [-0.25, -0.2) is 15.0 Å². The fourth-order valence-electron chi connectivity index (χ4n) is 3.65. The minimum atomic E-state index is -4.74. The van der Waals surface area contributed by atoms with Crippen molar-refractivity contribution < 1.29 is 18.0 Å². The van der Waals surface area contributed by atoms with Crippen LogP contribution < -0.4 is 5.32 Å². The Balaban J connectivity index is 1.59. The molecule has 12 heteroatoms. The minimum Gasteiger partial charge on any atom is -0.326 e. The molecule has 0 aliphatic heterocycles. The van der Waals surface area contributed by atoms with Crippen LogP contribution in [-0.4, -0.2) is 30.2 Å². The first-order valence-corrected chi connectivity index (χ1v) is 10.6. The molecule has 0 saturated heterocycles. The van der Waals surface area contributed by atoms with Crippen molar-refractivity contribution in [3.63, 3.8) is 0 Å². The molecule has 0 spiro atoms. The van der Waals surface area contributed by atoms with Crippen LogP contribution in [0.15, 0.2) is 54.9 Å². The summed E-state index contributed by atoms with van der Waals surface area (Å²) >= 11 is 12.2. The van der Waals surface area contributed by atoms with Gasteiger partial charge in [0.25, 0.3) is 5.91 Å². The zero-order valence-corrected chi connectivity index (χ0v) is 18.5. The molecule has 1 amide bonds. The second kappa shape index (κ2) is 8.30. The molecule has 5 rings (SSSR count). The fraction of sp³-hybridized carbons (Fsp3) is 0.0909. The third kappa shape index (κ3) is 3.95. The fourth-order valence-corrected chi connectivity index (χ4v) is 4.21. The molecule has 34 heavy (non-hydrogen) atoms. The van der Waals surface area contributed by atoms with Crippen LogP contribution >= 0.6 is 23.2 Å². The maximum Gasteiger partial charge on any atom is 0.435 e. The van der Waals surface area contributed by atoms with Crippen molar-refractivity contribution in [3.8, 4) is 0 Å². The molecule has 0 bridgehead atoms. The number of nitrogens with one attached hydrogen (secondary N) is 2. The van der Waals surface area contributed by atoms with Crippen molar-refractivity contribution in [2.24, 2.45) is 0 Å². The molecular weight excluding hydrogens is 492 g/mol. The number of H-pyrrole nitrogens is 1. The molecule has 0 saturated carbocycles. The van der Waals surface area contributed by atoms with E-state index in [0.29, 0.717) is 17.0 Å². The molecule has 172 valence electrons. The Kier molecular flexibility index (Phi) is 5.41. The lowest BCUT2D eigenvalue weighted by Gasteiger charge is -2.10. The number of hydrogen-bond acceptors (Lipinski definition) is 4. The first-order valence-electron chi connectivity index (χ1n) is 9.84. The molecule has 7 nitrogen and oxygen atoms in total. The van der Waals surface area contributed by atoms with E-state index in [-0.39, 0.29) is 39.1 Å². The van der Waals surface area contributed by atoms with Crippen molar-refractivity contribution in [3.05, 3.63) is 87.7 Å². The predicted octanol–water partition coefficient (Wildman–Crippen LogP) is 5.77. The summed E-state index contributed by atoms with van der Waals surface area (Å²) in [5.74, 6) is -0.386. The van der Waals surface area contributed by atoms with Gasteiger partial charge >= 0.3 is 6.18 Å². The summed E-state index contributed by atoms with van der Waals surface area (Å²) in [7, 11) is 0. The first kappa shape index (κ1) is 22.2. The van der Waals surface area contributed by atoms with Gasteiger partial charge in [0.15, 0.2) is 17.0 Å². The Morgan fingerprint density at radius 1 is 1.06 bits per heavy atom. The highest BCUT2D eigenvalue weighted by atomic mass is 35.5. The summed E-state index contributed by atoms with van der Waals surface area (Å²) in [4.78, 5) is 28.0. The number of amides is 1. The largest absolute Gasteiger partial charge is 0.435 e. The molecule has 2 N–H and O–H groups in total. The third-order valence-electron chi connectivity index (χ3n) is 5.09. The number of hydrogen-bond donors (Lipinski definition) is 2. The Labute approximate surface area is 199 Å². The van der Waals surface area contributed by atoms with Gasteiger partial charge in [0, 0.05) is 18.8 Å². The number of benzene rings is 1. The lowest BCUT2D eigenvalue weighted by Crippen LogP contribution is -2.14. The number of carbonyl (C=O) groups is 1. The Bertz CT molecular complexity index is 1510. The number of pyridine rings is 2. The third-order valence-corrected chi connectivity index (χ3v) is 5.72. The summed E-state index contributed by atoms with van der Waals surface area (Å²) in [6.45, 7) is 0. The number of nitrogens with zero attached hydrogens (tertiary/aromatic N) is 4. The highest BCUT2D eigenvalue weighted by molar-refractivity contribution is 6.40. The number of carbonyl (C=O) groups excluding carboxylic acids is 1. The van der Waals surface area contributed by atoms with Gasteiger partial charge in [-0.15, -0.1) is 0 Å². The van der Waals surface area contributed by atoms with E-state index in [1.807, 2.05) is 0 Å². The molecule has 0 unspecified atom stereocenters. The van der Waals surface area contributed by atoms with E-state index < -0.39 is 17.8 Å². The standard InChI is InChI=1S/C22H13Cl2F3N6O/c23-11-4-1-5-12(24)17(11)21(34)30-14-7-3-9-33-15(18(22(25,26)27)32-20(14)33)10-16-29-13-6-2-8-28-19(13)31-16/h1-9H,10H2,(H,30,34)(H,28,29,31). The van der Waals surface area contributed by atoms with Crippen molar-refractivity contribution in [1.29, 1.82) is 0 Å². The number of rotatable bonds is 4. The summed E-state index contributed by atoms with van der Waals surface area (Å²) < 4.78 is 43.0. The number of alkyl halides is 3. The maximum absolute atomic E-state index is 13.9. The first-order chi connectivity index (χ1) is 16.2. The van der Waals surface area contributed by atoms with E-state index in [0.717, 1.165) is 0 Å². The van der Waals surface area contributed by atoms with E-state index in [2.05, 4.69) is 25.3 Å². The van der Waals surface area contributed by atoms with E-state index in [1.165, 1.54) is 34.9 Å². The number of aromatic nitrogens is 5. The quantitative estimate of drug-likeness (QED) is 0.325. The summed E-state index contributed by atoms with van der Waals surface area (Å²) in [6.07, 6.45) is -1.94. The lowest BCUT2D eigenvalue weighted by atomic mass is 10.2. The highest BCUT2D eigenvalue weighted by Crippen LogP contribution is 2.35. The van der Waals surface area contributed by atoms with Crippen LogP contribution in [0.4, 0.5) is 18.9 Å². The van der Waals surface area contributed by atoms with E-state index >= 15 is 0 Å². The Morgan fingerprint density at radius 3 is 2.53 bits per heavy atom. The smallest absolute Gasteiger partial charge is 0.326 e. The van der Waals surface area contributed by atoms with Crippen LogP contribution in [0.5, 0.6) is 0 Å². The second-order valence-electron chi connectivity index (χ2n) is 7.30. The average molecular weight is 505 g/mol. The topological polar surface area (TPSA) is 88.0 Å². The second-order valence-corrected chi connectivity index (χ2v) is 8.12. The molecule has 0 atom stereocenters. The van der Waals surface area contributed by atoms with Crippen LogP contribution in [0, 0.1) is 0 Å². The van der Waals surface area contributed by atoms with Crippen molar-refractivity contribution >= 4 is 51.6 Å². The van der Waals surface area contributed by atoms with E-state index in [9.17, 15) is 18.0 Å². The van der Waals surface area contributed by atoms with Crippen molar-refractivity contribution in [1.82, 2.24) is 24.3 Å². The zero-order valence-electron chi connectivity index (χ0n) is 17.0. The van der Waals surface area contributed by atoms with Gasteiger partial charge < -0.3 is 14.7 Å². The van der Waals surface area contributed by atoms with E-state index in [1.54, 1.807) is 24.4 Å². The van der Waals surface area contributed by atoms with Gasteiger partial charge in [-0.1, -0.05) is 29.3 Å². The van der Waals surface area contributed by atoms with E-state index in [4.69, 9.17) is 23.2 Å². The number of anilines is 1. The summed E-state index contributed by atoms with van der Waals surface area (Å²) in [6, 6.07) is 10.9. The molecule has 0 radical (unpaired) electrons. The zero-order chi connectivity index (χ0) is 24.0. The minimum absolute atomic E-state index is 0.00503. The van der Waals surface area contributed by atoms with Gasteiger partial charge in [0.1, 0.15) is 11.3 Å². The van der Waals surface area contributed by atoms with Gasteiger partial charge in [0.2, 0.25) is 0 Å². The average Bonchev–Trinajstić information content (AvgIpc) is 3.35. The molecule has 4 heterocycles. The molecule has 0 aliphatic rings. The normalized spacial score (nSPS) is 11.9. The molecule has 5 aromatic rings. The van der Waals surface area contributed by atoms with Crippen molar-refractivity contribution in [2.45, 2.75) is 12.6 Å². The van der Waals surface area contributed by atoms with Gasteiger partial charge in [-0.2, -0.15) is 13.2 Å². The molecular formula is C22H13Cl2F3N6O. The lowest BCUT2D eigenvalue weighted by molar-refractivity contribution is -0.141. The SMILES string of the molecule is O=C(Nc1cccn2c(Cc3nc4cccnc4[nH]3)c(C(F)(F)F)nc12)c1c(Cl)cccc1Cl. The number of halogens is 5. The Hall–Kier alpha value is -3.63. The Morgan fingerprint density at radius 2 is 1.82 bits per heavy atom. The monoisotopic (exact) mass is 504 g/mol.